The Morgan fingerprint density at radius 1 is 1.47 bits per heavy atom. The number of benzene rings is 1. The van der Waals surface area contributed by atoms with Crippen LogP contribution in [0.2, 0.25) is 0 Å². The number of hydrogen-bond acceptors (Lipinski definition) is 2. The van der Waals surface area contributed by atoms with Crippen molar-refractivity contribution in [3.63, 3.8) is 0 Å². The third-order valence-corrected chi connectivity index (χ3v) is 3.99. The Morgan fingerprint density at radius 2 is 2.33 bits per heavy atom. The Hall–Kier alpha value is -0.450. The molecular formula is C11H11BrFNO. The molecule has 80 valence electrons. The van der Waals surface area contributed by atoms with Gasteiger partial charge in [-0.1, -0.05) is 6.07 Å². The molecule has 4 heteroatoms. The molecule has 0 aromatic heterocycles. The van der Waals surface area contributed by atoms with Crippen LogP contribution in [0.15, 0.2) is 16.6 Å². The van der Waals surface area contributed by atoms with Gasteiger partial charge in [-0.05, 0) is 46.0 Å². The zero-order valence-corrected chi connectivity index (χ0v) is 9.73. The summed E-state index contributed by atoms with van der Waals surface area (Å²) in [4.78, 5) is 0. The van der Waals surface area contributed by atoms with Crippen LogP contribution in [-0.2, 0) is 16.7 Å². The minimum atomic E-state index is -0.128. The third kappa shape index (κ3) is 1.28. The minimum Gasteiger partial charge on any atom is -0.364 e. The maximum atomic E-state index is 13.8. The van der Waals surface area contributed by atoms with Crippen LogP contribution in [0, 0.1) is 5.82 Å². The smallest absolute Gasteiger partial charge is 0.140 e. The van der Waals surface area contributed by atoms with Gasteiger partial charge in [0.1, 0.15) is 5.82 Å². The highest BCUT2D eigenvalue weighted by atomic mass is 79.9. The van der Waals surface area contributed by atoms with Gasteiger partial charge in [-0.15, -0.1) is 0 Å². The van der Waals surface area contributed by atoms with E-state index < -0.39 is 0 Å². The van der Waals surface area contributed by atoms with Gasteiger partial charge in [-0.3, -0.25) is 5.32 Å². The first-order valence-corrected chi connectivity index (χ1v) is 5.82. The molecule has 1 fully saturated rings. The van der Waals surface area contributed by atoms with Crippen LogP contribution < -0.4 is 5.32 Å². The first-order valence-electron chi connectivity index (χ1n) is 5.03. The van der Waals surface area contributed by atoms with Gasteiger partial charge in [-0.25, -0.2) is 4.39 Å². The van der Waals surface area contributed by atoms with Gasteiger partial charge in [0, 0.05) is 0 Å². The number of nitrogens with one attached hydrogen (secondary N) is 1. The van der Waals surface area contributed by atoms with Gasteiger partial charge in [0.15, 0.2) is 0 Å². The number of fused-ring (bicyclic) bond motifs is 2. The van der Waals surface area contributed by atoms with Crippen LogP contribution in [-0.4, -0.2) is 13.3 Å². The van der Waals surface area contributed by atoms with E-state index >= 15 is 0 Å². The molecule has 0 bridgehead atoms. The summed E-state index contributed by atoms with van der Waals surface area (Å²) in [6.45, 7) is 1.22. The van der Waals surface area contributed by atoms with E-state index in [2.05, 4.69) is 21.2 Å². The third-order valence-electron chi connectivity index (χ3n) is 3.37. The predicted molar refractivity (Wildman–Crippen MR) is 58.1 cm³/mol. The Labute approximate surface area is 95.9 Å². The summed E-state index contributed by atoms with van der Waals surface area (Å²) in [6, 6.07) is 3.78. The van der Waals surface area contributed by atoms with Crippen LogP contribution in [0.5, 0.6) is 0 Å². The molecule has 1 aliphatic heterocycles. The van der Waals surface area contributed by atoms with Gasteiger partial charge >= 0.3 is 0 Å². The fourth-order valence-corrected chi connectivity index (χ4v) is 2.93. The van der Waals surface area contributed by atoms with Crippen LogP contribution in [0.25, 0.3) is 0 Å². The van der Waals surface area contributed by atoms with Gasteiger partial charge in [0.05, 0.1) is 23.3 Å². The maximum absolute atomic E-state index is 13.8. The molecule has 1 N–H and O–H groups in total. The van der Waals surface area contributed by atoms with Crippen molar-refractivity contribution in [1.29, 1.82) is 0 Å². The molecule has 15 heavy (non-hydrogen) atoms. The summed E-state index contributed by atoms with van der Waals surface area (Å²) in [6.07, 6.45) is 1.71. The monoisotopic (exact) mass is 271 g/mol. The first-order chi connectivity index (χ1) is 7.23. The van der Waals surface area contributed by atoms with Crippen molar-refractivity contribution in [2.45, 2.75) is 18.4 Å². The van der Waals surface area contributed by atoms with Crippen molar-refractivity contribution in [3.8, 4) is 0 Å². The highest BCUT2D eigenvalue weighted by Crippen LogP contribution is 2.41. The molecule has 1 aliphatic carbocycles. The average Bonchev–Trinajstić information content (AvgIpc) is 2.83. The van der Waals surface area contributed by atoms with E-state index in [0.29, 0.717) is 17.8 Å². The fourth-order valence-electron chi connectivity index (χ4n) is 2.56. The second kappa shape index (κ2) is 3.27. The molecule has 0 radical (unpaired) electrons. The highest BCUT2D eigenvalue weighted by Gasteiger charge is 2.42. The minimum absolute atomic E-state index is 0.113. The lowest BCUT2D eigenvalue weighted by molar-refractivity contribution is 0.176. The van der Waals surface area contributed by atoms with Gasteiger partial charge < -0.3 is 4.74 Å². The van der Waals surface area contributed by atoms with Crippen LogP contribution in [0.1, 0.15) is 17.5 Å². The van der Waals surface area contributed by atoms with Crippen LogP contribution in [0.4, 0.5) is 4.39 Å². The van der Waals surface area contributed by atoms with E-state index in [-0.39, 0.29) is 11.4 Å². The molecule has 1 spiro atoms. The summed E-state index contributed by atoms with van der Waals surface area (Å²) in [5, 5.41) is 3.33. The van der Waals surface area contributed by atoms with E-state index in [1.807, 2.05) is 6.07 Å². The lowest BCUT2D eigenvalue weighted by Crippen LogP contribution is -2.36. The lowest BCUT2D eigenvalue weighted by atomic mass is 9.94. The zero-order chi connectivity index (χ0) is 10.5. The molecule has 2 aliphatic rings. The summed E-state index contributed by atoms with van der Waals surface area (Å²) < 4.78 is 19.7. The van der Waals surface area contributed by atoms with Gasteiger partial charge in [0.2, 0.25) is 0 Å². The van der Waals surface area contributed by atoms with Gasteiger partial charge in [-0.2, -0.15) is 0 Å². The molecule has 0 saturated carbocycles. The van der Waals surface area contributed by atoms with Crippen LogP contribution in [0.3, 0.4) is 0 Å². The Bertz CT molecular complexity index is 415. The molecule has 0 amide bonds. The number of hydrogen-bond donors (Lipinski definition) is 1. The Kier molecular flexibility index (Phi) is 2.13. The molecule has 2 nitrogen and oxygen atoms in total. The molecule has 1 heterocycles. The zero-order valence-electron chi connectivity index (χ0n) is 8.15. The molecule has 0 unspecified atom stereocenters. The van der Waals surface area contributed by atoms with Gasteiger partial charge in [0.25, 0.3) is 0 Å². The van der Waals surface area contributed by atoms with E-state index in [1.54, 1.807) is 6.07 Å². The fraction of sp³-hybridized carbons (Fsp3) is 0.455. The van der Waals surface area contributed by atoms with E-state index in [4.69, 9.17) is 4.74 Å². The molecule has 1 saturated heterocycles. The van der Waals surface area contributed by atoms with Crippen molar-refractivity contribution in [1.82, 2.24) is 5.32 Å². The second-order valence-corrected chi connectivity index (χ2v) is 4.99. The van der Waals surface area contributed by atoms with E-state index in [9.17, 15) is 4.39 Å². The largest absolute Gasteiger partial charge is 0.364 e. The SMILES string of the molecule is Fc1c(Br)ccc2c1CC[C@@]21COCN1. The van der Waals surface area contributed by atoms with E-state index in [1.165, 1.54) is 0 Å². The summed E-state index contributed by atoms with van der Waals surface area (Å²) in [5.74, 6) is -0.113. The average molecular weight is 272 g/mol. The molecule has 1 aromatic rings. The van der Waals surface area contributed by atoms with Crippen molar-refractivity contribution >= 4 is 15.9 Å². The molecule has 3 rings (SSSR count). The van der Waals surface area contributed by atoms with Crippen LogP contribution >= 0.6 is 15.9 Å². The highest BCUT2D eigenvalue weighted by molar-refractivity contribution is 9.10. The first kappa shape index (κ1) is 9.75. The summed E-state index contributed by atoms with van der Waals surface area (Å²) >= 11 is 3.22. The Balaban J connectivity index is 2.15. The Morgan fingerprint density at radius 3 is 3.07 bits per heavy atom. The van der Waals surface area contributed by atoms with Crippen molar-refractivity contribution in [3.05, 3.63) is 33.5 Å². The number of rotatable bonds is 0. The van der Waals surface area contributed by atoms with Crippen molar-refractivity contribution in [2.75, 3.05) is 13.3 Å². The lowest BCUT2D eigenvalue weighted by Gasteiger charge is -2.23. The topological polar surface area (TPSA) is 21.3 Å². The quantitative estimate of drug-likeness (QED) is 0.782. The van der Waals surface area contributed by atoms with Crippen molar-refractivity contribution < 1.29 is 9.13 Å². The van der Waals surface area contributed by atoms with Crippen molar-refractivity contribution in [2.24, 2.45) is 0 Å². The number of ether oxygens (including phenoxy) is 1. The predicted octanol–water partition coefficient (Wildman–Crippen LogP) is 2.31. The summed E-state index contributed by atoms with van der Waals surface area (Å²) in [7, 11) is 0. The van der Waals surface area contributed by atoms with E-state index in [0.717, 1.165) is 24.0 Å². The molecule has 1 aromatic carbocycles. The number of halogens is 2. The molecule has 1 atom stereocenters. The molecular weight excluding hydrogens is 261 g/mol. The maximum Gasteiger partial charge on any atom is 0.140 e. The summed E-state index contributed by atoms with van der Waals surface area (Å²) in [5.41, 5.74) is 1.78. The standard InChI is InChI=1S/C11H11BrFNO/c12-9-2-1-8-7(10(9)13)3-4-11(8)5-15-6-14-11/h1-2,14H,3-6H2/t11-/m1/s1. The second-order valence-electron chi connectivity index (χ2n) is 4.14. The normalized spacial score (nSPS) is 28.7.